The number of benzene rings is 1. The first-order valence-corrected chi connectivity index (χ1v) is 6.91. The van der Waals surface area contributed by atoms with E-state index < -0.39 is 0 Å². The number of methoxy groups -OCH3 is 1. The molecule has 1 amide bonds. The fourth-order valence-electron chi connectivity index (χ4n) is 2.27. The first-order valence-electron chi connectivity index (χ1n) is 6.91. The van der Waals surface area contributed by atoms with Gasteiger partial charge in [-0.25, -0.2) is 0 Å². The van der Waals surface area contributed by atoms with Gasteiger partial charge < -0.3 is 20.1 Å². The van der Waals surface area contributed by atoms with Crippen LogP contribution < -0.4 is 15.4 Å². The van der Waals surface area contributed by atoms with E-state index in [4.69, 9.17) is 9.47 Å². The SMILES string of the molecule is COCCC(C)NC(C)c1ccc2c(c1)NC(=O)CO2. The van der Waals surface area contributed by atoms with Crippen LogP contribution >= 0.6 is 0 Å². The average Bonchev–Trinajstić information content (AvgIpc) is 2.44. The molecule has 0 aliphatic carbocycles. The number of hydrogen-bond donors (Lipinski definition) is 2. The molecule has 110 valence electrons. The smallest absolute Gasteiger partial charge is 0.262 e. The lowest BCUT2D eigenvalue weighted by molar-refractivity contribution is -0.118. The molecule has 0 saturated carbocycles. The second-order valence-electron chi connectivity index (χ2n) is 5.16. The van der Waals surface area contributed by atoms with Gasteiger partial charge in [0.25, 0.3) is 5.91 Å². The van der Waals surface area contributed by atoms with E-state index in [1.54, 1.807) is 7.11 Å². The van der Waals surface area contributed by atoms with E-state index in [0.717, 1.165) is 30.0 Å². The quantitative estimate of drug-likeness (QED) is 0.836. The molecule has 2 unspecified atom stereocenters. The van der Waals surface area contributed by atoms with Crippen molar-refractivity contribution in [1.82, 2.24) is 5.32 Å². The Hall–Kier alpha value is -1.59. The van der Waals surface area contributed by atoms with E-state index in [1.165, 1.54) is 0 Å². The van der Waals surface area contributed by atoms with E-state index in [9.17, 15) is 4.79 Å². The van der Waals surface area contributed by atoms with Crippen LogP contribution in [0.4, 0.5) is 5.69 Å². The predicted molar refractivity (Wildman–Crippen MR) is 78.1 cm³/mol. The molecule has 2 atom stereocenters. The van der Waals surface area contributed by atoms with Crippen LogP contribution in [0.5, 0.6) is 5.75 Å². The Bertz CT molecular complexity index is 476. The average molecular weight is 278 g/mol. The van der Waals surface area contributed by atoms with Crippen LogP contribution in [0.15, 0.2) is 18.2 Å². The summed E-state index contributed by atoms with van der Waals surface area (Å²) in [6.07, 6.45) is 0.964. The van der Waals surface area contributed by atoms with Crippen LogP contribution in [0.3, 0.4) is 0 Å². The molecule has 1 aliphatic heterocycles. The molecule has 0 radical (unpaired) electrons. The van der Waals surface area contributed by atoms with Crippen molar-refractivity contribution in [2.24, 2.45) is 0 Å². The Morgan fingerprint density at radius 1 is 1.45 bits per heavy atom. The molecule has 5 nitrogen and oxygen atoms in total. The molecule has 20 heavy (non-hydrogen) atoms. The molecule has 0 aromatic heterocycles. The van der Waals surface area contributed by atoms with Crippen molar-refractivity contribution < 1.29 is 14.3 Å². The van der Waals surface area contributed by atoms with Gasteiger partial charge in [-0.05, 0) is 38.0 Å². The van der Waals surface area contributed by atoms with E-state index in [0.29, 0.717) is 6.04 Å². The molecule has 2 N–H and O–H groups in total. The van der Waals surface area contributed by atoms with Gasteiger partial charge in [-0.1, -0.05) is 6.07 Å². The maximum absolute atomic E-state index is 11.3. The highest BCUT2D eigenvalue weighted by molar-refractivity contribution is 5.95. The molecule has 1 heterocycles. The van der Waals surface area contributed by atoms with Gasteiger partial charge in [-0.15, -0.1) is 0 Å². The summed E-state index contributed by atoms with van der Waals surface area (Å²) in [5, 5.41) is 6.35. The van der Waals surface area contributed by atoms with E-state index >= 15 is 0 Å². The Kier molecular flexibility index (Phi) is 4.98. The Balaban J connectivity index is 2.01. The fraction of sp³-hybridized carbons (Fsp3) is 0.533. The molecule has 0 bridgehead atoms. The van der Waals surface area contributed by atoms with Gasteiger partial charge in [0.05, 0.1) is 5.69 Å². The minimum atomic E-state index is -0.108. The van der Waals surface area contributed by atoms with Crippen LogP contribution in [-0.2, 0) is 9.53 Å². The van der Waals surface area contributed by atoms with Crippen molar-refractivity contribution in [3.05, 3.63) is 23.8 Å². The predicted octanol–water partition coefficient (Wildman–Crippen LogP) is 2.09. The van der Waals surface area contributed by atoms with Gasteiger partial charge in [0, 0.05) is 25.8 Å². The summed E-state index contributed by atoms with van der Waals surface area (Å²) < 4.78 is 10.4. The third kappa shape index (κ3) is 3.71. The van der Waals surface area contributed by atoms with Crippen molar-refractivity contribution in [3.8, 4) is 5.75 Å². The van der Waals surface area contributed by atoms with Crippen LogP contribution in [0.1, 0.15) is 31.9 Å². The van der Waals surface area contributed by atoms with Gasteiger partial charge in [0.15, 0.2) is 6.61 Å². The zero-order chi connectivity index (χ0) is 14.5. The van der Waals surface area contributed by atoms with Crippen molar-refractivity contribution >= 4 is 11.6 Å². The largest absolute Gasteiger partial charge is 0.482 e. The summed E-state index contributed by atoms with van der Waals surface area (Å²) in [6, 6.07) is 6.46. The Morgan fingerprint density at radius 2 is 2.25 bits per heavy atom. The maximum Gasteiger partial charge on any atom is 0.262 e. The summed E-state index contributed by atoms with van der Waals surface area (Å²) in [5.41, 5.74) is 1.87. The van der Waals surface area contributed by atoms with Gasteiger partial charge in [0.1, 0.15) is 5.75 Å². The molecular weight excluding hydrogens is 256 g/mol. The first kappa shape index (κ1) is 14.8. The summed E-state index contributed by atoms with van der Waals surface area (Å²) >= 11 is 0. The topological polar surface area (TPSA) is 59.6 Å². The minimum absolute atomic E-state index is 0.0915. The zero-order valence-corrected chi connectivity index (χ0v) is 12.2. The Morgan fingerprint density at radius 3 is 3.00 bits per heavy atom. The monoisotopic (exact) mass is 278 g/mol. The number of carbonyl (C=O) groups is 1. The van der Waals surface area contributed by atoms with Crippen molar-refractivity contribution in [2.45, 2.75) is 32.4 Å². The van der Waals surface area contributed by atoms with Gasteiger partial charge in [-0.2, -0.15) is 0 Å². The maximum atomic E-state index is 11.3. The second kappa shape index (κ2) is 6.72. The number of nitrogens with one attached hydrogen (secondary N) is 2. The van der Waals surface area contributed by atoms with Gasteiger partial charge >= 0.3 is 0 Å². The van der Waals surface area contributed by atoms with E-state index in [-0.39, 0.29) is 18.6 Å². The van der Waals surface area contributed by atoms with Crippen LogP contribution in [0.2, 0.25) is 0 Å². The normalized spacial score (nSPS) is 16.9. The van der Waals surface area contributed by atoms with Crippen molar-refractivity contribution in [3.63, 3.8) is 0 Å². The molecule has 1 aromatic carbocycles. The highest BCUT2D eigenvalue weighted by Gasteiger charge is 2.18. The molecule has 0 fully saturated rings. The lowest BCUT2D eigenvalue weighted by Gasteiger charge is -2.23. The number of amides is 1. The van der Waals surface area contributed by atoms with E-state index in [2.05, 4.69) is 24.5 Å². The molecule has 1 aromatic rings. The molecule has 0 spiro atoms. The number of rotatable bonds is 6. The zero-order valence-electron chi connectivity index (χ0n) is 12.2. The Labute approximate surface area is 119 Å². The van der Waals surface area contributed by atoms with Crippen LogP contribution in [0, 0.1) is 0 Å². The number of carbonyl (C=O) groups excluding carboxylic acids is 1. The highest BCUT2D eigenvalue weighted by Crippen LogP contribution is 2.30. The third-order valence-corrected chi connectivity index (χ3v) is 3.43. The molecule has 0 saturated heterocycles. The molecular formula is C15H22N2O3. The van der Waals surface area contributed by atoms with Crippen molar-refractivity contribution in [2.75, 3.05) is 25.6 Å². The lowest BCUT2D eigenvalue weighted by Crippen LogP contribution is -2.30. The number of fused-ring (bicyclic) bond motifs is 1. The number of ether oxygens (including phenoxy) is 2. The third-order valence-electron chi connectivity index (χ3n) is 3.43. The number of hydrogen-bond acceptors (Lipinski definition) is 4. The molecule has 5 heteroatoms. The second-order valence-corrected chi connectivity index (χ2v) is 5.16. The van der Waals surface area contributed by atoms with Gasteiger partial charge in [-0.3, -0.25) is 4.79 Å². The number of anilines is 1. The lowest BCUT2D eigenvalue weighted by atomic mass is 10.1. The summed E-state index contributed by atoms with van der Waals surface area (Å²) in [4.78, 5) is 11.3. The van der Waals surface area contributed by atoms with Crippen LogP contribution in [-0.4, -0.2) is 32.3 Å². The highest BCUT2D eigenvalue weighted by atomic mass is 16.5. The molecule has 1 aliphatic rings. The minimum Gasteiger partial charge on any atom is -0.482 e. The summed E-state index contributed by atoms with van der Waals surface area (Å²) in [7, 11) is 1.71. The first-order chi connectivity index (χ1) is 9.60. The standard InChI is InChI=1S/C15H22N2O3/c1-10(6-7-19-3)16-11(2)12-4-5-14-13(8-12)17-15(18)9-20-14/h4-5,8,10-11,16H,6-7,9H2,1-3H3,(H,17,18). The summed E-state index contributed by atoms with van der Waals surface area (Å²) in [5.74, 6) is 0.622. The fourth-order valence-corrected chi connectivity index (χ4v) is 2.27. The van der Waals surface area contributed by atoms with E-state index in [1.807, 2.05) is 18.2 Å². The summed E-state index contributed by atoms with van der Waals surface area (Å²) in [6.45, 7) is 5.08. The van der Waals surface area contributed by atoms with Gasteiger partial charge in [0.2, 0.25) is 0 Å². The molecule has 2 rings (SSSR count). The van der Waals surface area contributed by atoms with Crippen molar-refractivity contribution in [1.29, 1.82) is 0 Å². The van der Waals surface area contributed by atoms with Crippen LogP contribution in [0.25, 0.3) is 0 Å².